The van der Waals surface area contributed by atoms with Crippen LogP contribution in [0.2, 0.25) is 0 Å². The molecule has 0 aromatic rings. The van der Waals surface area contributed by atoms with Crippen LogP contribution in [0.25, 0.3) is 0 Å². The van der Waals surface area contributed by atoms with Crippen molar-refractivity contribution < 1.29 is 15.0 Å². The van der Waals surface area contributed by atoms with Crippen molar-refractivity contribution in [3.63, 3.8) is 0 Å². The molecule has 0 fully saturated rings. The van der Waals surface area contributed by atoms with Crippen molar-refractivity contribution in [2.45, 2.75) is 25.4 Å². The van der Waals surface area contributed by atoms with E-state index >= 15 is 0 Å². The number of carbonyl (C=O) groups is 1. The molecule has 0 aliphatic heterocycles. The summed E-state index contributed by atoms with van der Waals surface area (Å²) in [7, 11) is 0. The summed E-state index contributed by atoms with van der Waals surface area (Å²) in [6.45, 7) is 1.61. The van der Waals surface area contributed by atoms with Gasteiger partial charge in [0.15, 0.2) is 5.60 Å². The summed E-state index contributed by atoms with van der Waals surface area (Å²) >= 11 is 5.29. The molecule has 0 aromatic carbocycles. The molecule has 0 rings (SSSR count). The first-order valence-electron chi connectivity index (χ1n) is 3.08. The number of aliphatic hydroxyl groups is 1. The van der Waals surface area contributed by atoms with Crippen molar-refractivity contribution in [1.29, 1.82) is 0 Å². The van der Waals surface area contributed by atoms with E-state index in [1.54, 1.807) is 6.92 Å². The van der Waals surface area contributed by atoms with Gasteiger partial charge < -0.3 is 10.2 Å². The predicted molar refractivity (Wildman–Crippen MR) is 38.2 cm³/mol. The van der Waals surface area contributed by atoms with Crippen LogP contribution in [-0.4, -0.2) is 27.7 Å². The average Bonchev–Trinajstić information content (AvgIpc) is 1.88. The van der Waals surface area contributed by atoms with Gasteiger partial charge in [0.05, 0.1) is 0 Å². The van der Waals surface area contributed by atoms with Crippen molar-refractivity contribution >= 4 is 17.6 Å². The van der Waals surface area contributed by atoms with Gasteiger partial charge in [-0.1, -0.05) is 6.92 Å². The monoisotopic (exact) mass is 166 g/mol. The van der Waals surface area contributed by atoms with E-state index in [2.05, 4.69) is 0 Å². The highest BCUT2D eigenvalue weighted by molar-refractivity contribution is 6.18. The Bertz CT molecular complexity index is 126. The fourth-order valence-electron chi connectivity index (χ4n) is 0.591. The van der Waals surface area contributed by atoms with Gasteiger partial charge in [0.1, 0.15) is 0 Å². The maximum absolute atomic E-state index is 10.3. The van der Waals surface area contributed by atoms with E-state index in [-0.39, 0.29) is 18.7 Å². The molecule has 0 radical (unpaired) electrons. The van der Waals surface area contributed by atoms with E-state index in [0.29, 0.717) is 0 Å². The molecular weight excluding hydrogens is 156 g/mol. The number of aliphatic carboxylic acids is 1. The largest absolute Gasteiger partial charge is 0.479 e. The van der Waals surface area contributed by atoms with Crippen molar-refractivity contribution in [2.24, 2.45) is 0 Å². The van der Waals surface area contributed by atoms with Crippen molar-refractivity contribution in [3.8, 4) is 0 Å². The smallest absolute Gasteiger partial charge is 0.335 e. The van der Waals surface area contributed by atoms with Crippen LogP contribution in [0.5, 0.6) is 0 Å². The minimum absolute atomic E-state index is 0.0976. The molecule has 0 aromatic heterocycles. The Morgan fingerprint density at radius 3 is 2.30 bits per heavy atom. The number of hydrogen-bond acceptors (Lipinski definition) is 2. The zero-order valence-electron chi connectivity index (χ0n) is 5.80. The van der Waals surface area contributed by atoms with E-state index in [1.165, 1.54) is 0 Å². The summed E-state index contributed by atoms with van der Waals surface area (Å²) in [5.74, 6) is -1.04. The van der Waals surface area contributed by atoms with Gasteiger partial charge in [-0.2, -0.15) is 0 Å². The number of carboxylic acid groups (broad SMARTS) is 1. The van der Waals surface area contributed by atoms with Gasteiger partial charge in [0.25, 0.3) is 0 Å². The molecule has 0 bridgehead atoms. The molecule has 3 nitrogen and oxygen atoms in total. The van der Waals surface area contributed by atoms with Crippen LogP contribution in [-0.2, 0) is 4.79 Å². The van der Waals surface area contributed by atoms with Gasteiger partial charge >= 0.3 is 5.97 Å². The standard InChI is InChI=1S/C6H11ClO3/c1-2-6(10,3-4-7)5(8)9/h10H,2-4H2,1H3,(H,8,9)/t6-/m0/s1. The highest BCUT2D eigenvalue weighted by atomic mass is 35.5. The van der Waals surface area contributed by atoms with Crippen LogP contribution in [0.3, 0.4) is 0 Å². The zero-order valence-corrected chi connectivity index (χ0v) is 6.56. The van der Waals surface area contributed by atoms with Crippen LogP contribution >= 0.6 is 11.6 Å². The third-order valence-electron chi connectivity index (χ3n) is 1.49. The lowest BCUT2D eigenvalue weighted by Gasteiger charge is -2.19. The Kier molecular flexibility index (Phi) is 3.68. The quantitative estimate of drug-likeness (QED) is 0.609. The Labute approximate surface area is 64.6 Å². The highest BCUT2D eigenvalue weighted by Crippen LogP contribution is 2.15. The number of carboxylic acids is 1. The van der Waals surface area contributed by atoms with Crippen LogP contribution in [0.15, 0.2) is 0 Å². The van der Waals surface area contributed by atoms with Gasteiger partial charge in [0.2, 0.25) is 0 Å². The summed E-state index contributed by atoms with van der Waals surface area (Å²) in [6.07, 6.45) is 0.287. The Balaban J connectivity index is 4.08. The predicted octanol–water partition coefficient (Wildman–Crippen LogP) is 0.841. The summed E-state index contributed by atoms with van der Waals surface area (Å²) < 4.78 is 0. The molecule has 10 heavy (non-hydrogen) atoms. The maximum Gasteiger partial charge on any atom is 0.335 e. The molecule has 0 saturated carbocycles. The molecule has 0 aliphatic carbocycles. The lowest BCUT2D eigenvalue weighted by Crippen LogP contribution is -2.38. The lowest BCUT2D eigenvalue weighted by molar-refractivity contribution is -0.159. The van der Waals surface area contributed by atoms with Crippen LogP contribution in [0.1, 0.15) is 19.8 Å². The number of alkyl halides is 1. The zero-order chi connectivity index (χ0) is 8.20. The van der Waals surface area contributed by atoms with Gasteiger partial charge in [-0.05, 0) is 6.42 Å². The van der Waals surface area contributed by atoms with Crippen LogP contribution < -0.4 is 0 Å². The fourth-order valence-corrected chi connectivity index (χ4v) is 0.904. The highest BCUT2D eigenvalue weighted by Gasteiger charge is 2.32. The van der Waals surface area contributed by atoms with Gasteiger partial charge in [-0.25, -0.2) is 4.79 Å². The third kappa shape index (κ3) is 2.15. The normalized spacial score (nSPS) is 16.3. The van der Waals surface area contributed by atoms with Crippen molar-refractivity contribution in [1.82, 2.24) is 0 Å². The number of halogens is 1. The van der Waals surface area contributed by atoms with E-state index in [9.17, 15) is 9.90 Å². The first kappa shape index (κ1) is 9.72. The molecule has 2 N–H and O–H groups in total. The van der Waals surface area contributed by atoms with Crippen LogP contribution in [0, 0.1) is 0 Å². The van der Waals surface area contributed by atoms with Crippen LogP contribution in [0.4, 0.5) is 0 Å². The molecule has 0 heterocycles. The molecule has 1 atom stereocenters. The molecule has 0 amide bonds. The second-order valence-corrected chi connectivity index (χ2v) is 2.51. The first-order valence-corrected chi connectivity index (χ1v) is 3.62. The Morgan fingerprint density at radius 1 is 1.70 bits per heavy atom. The van der Waals surface area contributed by atoms with Gasteiger partial charge in [-0.3, -0.25) is 0 Å². The van der Waals surface area contributed by atoms with E-state index in [0.717, 1.165) is 0 Å². The van der Waals surface area contributed by atoms with Crippen molar-refractivity contribution in [3.05, 3.63) is 0 Å². The number of hydrogen-bond donors (Lipinski definition) is 2. The summed E-state index contributed by atoms with van der Waals surface area (Å²) in [6, 6.07) is 0. The average molecular weight is 167 g/mol. The fraction of sp³-hybridized carbons (Fsp3) is 0.833. The first-order chi connectivity index (χ1) is 4.56. The Hall–Kier alpha value is -0.280. The van der Waals surface area contributed by atoms with Gasteiger partial charge in [-0.15, -0.1) is 11.6 Å². The molecule has 60 valence electrons. The van der Waals surface area contributed by atoms with E-state index < -0.39 is 11.6 Å². The van der Waals surface area contributed by atoms with E-state index in [4.69, 9.17) is 16.7 Å². The lowest BCUT2D eigenvalue weighted by atomic mass is 9.98. The topological polar surface area (TPSA) is 57.5 Å². The summed E-state index contributed by atoms with van der Waals surface area (Å²) in [5, 5.41) is 17.7. The molecule has 0 saturated heterocycles. The van der Waals surface area contributed by atoms with E-state index in [1.807, 2.05) is 0 Å². The summed E-state index contributed by atoms with van der Waals surface area (Å²) in [4.78, 5) is 10.3. The number of rotatable bonds is 4. The van der Waals surface area contributed by atoms with Gasteiger partial charge in [0, 0.05) is 12.3 Å². The maximum atomic E-state index is 10.3. The molecule has 0 aliphatic rings. The Morgan fingerprint density at radius 2 is 2.20 bits per heavy atom. The molecule has 0 unspecified atom stereocenters. The van der Waals surface area contributed by atoms with Crippen molar-refractivity contribution in [2.75, 3.05) is 5.88 Å². The molecule has 0 spiro atoms. The third-order valence-corrected chi connectivity index (χ3v) is 1.68. The minimum Gasteiger partial charge on any atom is -0.479 e. The SMILES string of the molecule is CC[C@](O)(CCCl)C(=O)O. The second-order valence-electron chi connectivity index (χ2n) is 2.13. The molecular formula is C6H11ClO3. The summed E-state index contributed by atoms with van der Waals surface area (Å²) in [5.41, 5.74) is -1.62. The second kappa shape index (κ2) is 3.78. The minimum atomic E-state index is -1.62. The molecule has 4 heteroatoms.